The van der Waals surface area contributed by atoms with Gasteiger partial charge in [-0.05, 0) is 12.5 Å². The van der Waals surface area contributed by atoms with Gasteiger partial charge in [0, 0.05) is 62.7 Å². The van der Waals surface area contributed by atoms with Gasteiger partial charge in [0.2, 0.25) is 0 Å². The molecule has 0 spiro atoms. The number of aromatic nitrogens is 3. The summed E-state index contributed by atoms with van der Waals surface area (Å²) in [5.41, 5.74) is 2.25. The Morgan fingerprint density at radius 3 is 3.04 bits per heavy atom. The van der Waals surface area contributed by atoms with Gasteiger partial charge < -0.3 is 19.9 Å². The Balaban J connectivity index is 1.37. The van der Waals surface area contributed by atoms with Gasteiger partial charge in [-0.1, -0.05) is 0 Å². The predicted octanol–water partition coefficient (Wildman–Crippen LogP) is 1.07. The molecule has 1 atom stereocenters. The number of carbonyl (C=O) groups excluding carboxylic acids is 2. The maximum Gasteiger partial charge on any atom is 0.317 e. The van der Waals surface area contributed by atoms with Crippen LogP contribution in [0, 0.1) is 0 Å². The minimum atomic E-state index is -0.137. The molecule has 148 valence electrons. The molecule has 0 aliphatic carbocycles. The summed E-state index contributed by atoms with van der Waals surface area (Å²) in [6.45, 7) is 2.88. The third-order valence-corrected chi connectivity index (χ3v) is 5.42. The van der Waals surface area contributed by atoms with Crippen LogP contribution in [0.3, 0.4) is 0 Å². The van der Waals surface area contributed by atoms with Crippen molar-refractivity contribution in [1.29, 1.82) is 0 Å². The molecule has 2 aliphatic rings. The molecule has 0 bridgehead atoms. The van der Waals surface area contributed by atoms with Crippen LogP contribution in [0.5, 0.6) is 5.75 Å². The smallest absolute Gasteiger partial charge is 0.317 e. The van der Waals surface area contributed by atoms with Crippen molar-refractivity contribution in [2.24, 2.45) is 0 Å². The first-order valence-corrected chi connectivity index (χ1v) is 9.39. The van der Waals surface area contributed by atoms with Crippen LogP contribution in [0.2, 0.25) is 0 Å². The number of nitrogens with one attached hydrogen (secondary N) is 1. The second kappa shape index (κ2) is 7.49. The Hall–Kier alpha value is -3.10. The van der Waals surface area contributed by atoms with Gasteiger partial charge in [0.05, 0.1) is 19.9 Å². The van der Waals surface area contributed by atoms with E-state index in [1.165, 1.54) is 0 Å². The van der Waals surface area contributed by atoms with Crippen LogP contribution in [0.4, 0.5) is 4.79 Å². The van der Waals surface area contributed by atoms with Gasteiger partial charge in [0.25, 0.3) is 5.91 Å². The van der Waals surface area contributed by atoms with E-state index in [0.717, 1.165) is 23.4 Å². The standard InChI is InChI=1S/C19H24N6O3/c1-23-7-8-25-17(18(23)26)14(11-22-25)10-21-19(27)24-6-4-13(12-24)16-9-15(28-2)3-5-20-16/h3,5,9,11,13H,4,6-8,10,12H2,1-2H3,(H,21,27). The monoisotopic (exact) mass is 384 g/mol. The number of ether oxygens (including phenoxy) is 1. The summed E-state index contributed by atoms with van der Waals surface area (Å²) >= 11 is 0. The summed E-state index contributed by atoms with van der Waals surface area (Å²) in [5, 5.41) is 7.19. The summed E-state index contributed by atoms with van der Waals surface area (Å²) in [6.07, 6.45) is 4.26. The molecular weight excluding hydrogens is 360 g/mol. The van der Waals surface area contributed by atoms with E-state index in [1.54, 1.807) is 41.0 Å². The topological polar surface area (TPSA) is 92.6 Å². The third kappa shape index (κ3) is 3.39. The van der Waals surface area contributed by atoms with Crippen LogP contribution in [-0.4, -0.2) is 70.3 Å². The average Bonchev–Trinajstić information content (AvgIpc) is 3.37. The van der Waals surface area contributed by atoms with E-state index >= 15 is 0 Å². The van der Waals surface area contributed by atoms with E-state index in [0.29, 0.717) is 31.9 Å². The SMILES string of the molecule is COc1ccnc(C2CCN(C(=O)NCc3cnn4c3C(=O)N(C)CC4)C2)c1. The van der Waals surface area contributed by atoms with E-state index in [4.69, 9.17) is 4.74 Å². The average molecular weight is 384 g/mol. The van der Waals surface area contributed by atoms with Gasteiger partial charge in [-0.15, -0.1) is 0 Å². The van der Waals surface area contributed by atoms with Crippen molar-refractivity contribution in [2.45, 2.75) is 25.4 Å². The maximum absolute atomic E-state index is 12.6. The first-order chi connectivity index (χ1) is 13.6. The van der Waals surface area contributed by atoms with Gasteiger partial charge in [-0.25, -0.2) is 4.79 Å². The number of fused-ring (bicyclic) bond motifs is 1. The molecule has 1 unspecified atom stereocenters. The van der Waals surface area contributed by atoms with Crippen LogP contribution in [0.1, 0.15) is 34.1 Å². The van der Waals surface area contributed by atoms with E-state index < -0.39 is 0 Å². The second-order valence-electron chi connectivity index (χ2n) is 7.18. The molecule has 4 rings (SSSR count). The van der Waals surface area contributed by atoms with Crippen molar-refractivity contribution in [3.05, 3.63) is 41.5 Å². The molecule has 1 saturated heterocycles. The molecule has 0 radical (unpaired) electrons. The van der Waals surface area contributed by atoms with Crippen LogP contribution in [0.15, 0.2) is 24.5 Å². The fraction of sp³-hybridized carbons (Fsp3) is 0.474. The minimum absolute atomic E-state index is 0.0571. The molecule has 9 nitrogen and oxygen atoms in total. The summed E-state index contributed by atoms with van der Waals surface area (Å²) in [7, 11) is 3.41. The number of nitrogens with zero attached hydrogens (tertiary/aromatic N) is 5. The maximum atomic E-state index is 12.6. The van der Waals surface area contributed by atoms with Crippen molar-refractivity contribution in [3.8, 4) is 5.75 Å². The van der Waals surface area contributed by atoms with Crippen LogP contribution < -0.4 is 10.1 Å². The Morgan fingerprint density at radius 1 is 1.36 bits per heavy atom. The molecule has 2 aromatic rings. The first-order valence-electron chi connectivity index (χ1n) is 9.39. The lowest BCUT2D eigenvalue weighted by molar-refractivity contribution is 0.0741. The van der Waals surface area contributed by atoms with Crippen molar-refractivity contribution in [1.82, 2.24) is 29.9 Å². The van der Waals surface area contributed by atoms with Crippen LogP contribution in [0.25, 0.3) is 0 Å². The van der Waals surface area contributed by atoms with Crippen LogP contribution >= 0.6 is 0 Å². The molecule has 9 heteroatoms. The number of likely N-dealkylation sites (tertiary alicyclic amines) is 1. The first kappa shape index (κ1) is 18.3. The van der Waals surface area contributed by atoms with E-state index in [1.807, 2.05) is 12.1 Å². The van der Waals surface area contributed by atoms with Gasteiger partial charge in [0.15, 0.2) is 0 Å². The fourth-order valence-corrected chi connectivity index (χ4v) is 3.74. The molecule has 2 aromatic heterocycles. The van der Waals surface area contributed by atoms with Gasteiger partial charge in [-0.2, -0.15) is 5.10 Å². The quantitative estimate of drug-likeness (QED) is 0.851. The fourth-order valence-electron chi connectivity index (χ4n) is 3.74. The van der Waals surface area contributed by atoms with E-state index in [-0.39, 0.29) is 24.4 Å². The number of hydrogen-bond donors (Lipinski definition) is 1. The van der Waals surface area contributed by atoms with E-state index in [9.17, 15) is 9.59 Å². The zero-order valence-electron chi connectivity index (χ0n) is 16.1. The van der Waals surface area contributed by atoms with Gasteiger partial charge >= 0.3 is 6.03 Å². The number of likely N-dealkylation sites (N-methyl/N-ethyl adjacent to an activating group) is 1. The number of methoxy groups -OCH3 is 1. The normalized spacial score (nSPS) is 18.9. The van der Waals surface area contributed by atoms with Crippen molar-refractivity contribution >= 4 is 11.9 Å². The Kier molecular flexibility index (Phi) is 4.89. The van der Waals surface area contributed by atoms with Crippen molar-refractivity contribution in [3.63, 3.8) is 0 Å². The molecule has 0 aromatic carbocycles. The zero-order chi connectivity index (χ0) is 19.7. The molecule has 0 saturated carbocycles. The number of carbonyl (C=O) groups is 2. The number of pyridine rings is 1. The lowest BCUT2D eigenvalue weighted by Crippen LogP contribution is -2.40. The highest BCUT2D eigenvalue weighted by molar-refractivity contribution is 5.94. The zero-order valence-corrected chi connectivity index (χ0v) is 16.1. The molecule has 4 heterocycles. The number of amides is 3. The summed E-state index contributed by atoms with van der Waals surface area (Å²) < 4.78 is 6.97. The molecular formula is C19H24N6O3. The highest BCUT2D eigenvalue weighted by Gasteiger charge is 2.30. The predicted molar refractivity (Wildman–Crippen MR) is 101 cm³/mol. The lowest BCUT2D eigenvalue weighted by Gasteiger charge is -2.24. The number of rotatable bonds is 4. The van der Waals surface area contributed by atoms with Crippen LogP contribution in [-0.2, 0) is 13.1 Å². The lowest BCUT2D eigenvalue weighted by atomic mass is 10.0. The third-order valence-electron chi connectivity index (χ3n) is 5.42. The Bertz CT molecular complexity index is 896. The number of hydrogen-bond acceptors (Lipinski definition) is 5. The highest BCUT2D eigenvalue weighted by Crippen LogP contribution is 2.27. The molecule has 1 N–H and O–H groups in total. The van der Waals surface area contributed by atoms with Gasteiger partial charge in [-0.3, -0.25) is 14.5 Å². The minimum Gasteiger partial charge on any atom is -0.497 e. The summed E-state index contributed by atoms with van der Waals surface area (Å²) in [5.74, 6) is 0.909. The molecule has 3 amide bonds. The second-order valence-corrected chi connectivity index (χ2v) is 7.18. The Labute approximate surface area is 163 Å². The van der Waals surface area contributed by atoms with E-state index in [2.05, 4.69) is 15.4 Å². The largest absolute Gasteiger partial charge is 0.497 e. The molecule has 1 fully saturated rings. The highest BCUT2D eigenvalue weighted by atomic mass is 16.5. The van der Waals surface area contributed by atoms with Gasteiger partial charge in [0.1, 0.15) is 11.4 Å². The number of urea groups is 1. The van der Waals surface area contributed by atoms with Crippen molar-refractivity contribution < 1.29 is 14.3 Å². The summed E-state index contributed by atoms with van der Waals surface area (Å²) in [6, 6.07) is 3.60. The van der Waals surface area contributed by atoms with Crippen molar-refractivity contribution in [2.75, 3.05) is 33.8 Å². The molecule has 2 aliphatic heterocycles. The Morgan fingerprint density at radius 2 is 2.21 bits per heavy atom. The molecule has 28 heavy (non-hydrogen) atoms. The summed E-state index contributed by atoms with van der Waals surface area (Å²) in [4.78, 5) is 32.9.